The van der Waals surface area contributed by atoms with Gasteiger partial charge in [-0.05, 0) is 18.6 Å². The monoisotopic (exact) mass is 163 g/mol. The molecule has 0 radical (unpaired) electrons. The number of aliphatic hydroxyl groups is 1. The molecule has 1 atom stereocenters. The predicted octanol–water partition coefficient (Wildman–Crippen LogP) is 1.37. The SMILES string of the molecule is CC(O)C(N)=Cc1ccccc1. The fraction of sp³-hybridized carbons (Fsp3) is 0.200. The summed E-state index contributed by atoms with van der Waals surface area (Å²) in [5.74, 6) is 0. The van der Waals surface area contributed by atoms with E-state index in [1.165, 1.54) is 0 Å². The van der Waals surface area contributed by atoms with Gasteiger partial charge in [-0.2, -0.15) is 0 Å². The van der Waals surface area contributed by atoms with Crippen LogP contribution in [0, 0.1) is 0 Å². The lowest BCUT2D eigenvalue weighted by Gasteiger charge is -2.03. The Kier molecular flexibility index (Phi) is 2.88. The van der Waals surface area contributed by atoms with Gasteiger partial charge in [0.05, 0.1) is 6.10 Å². The van der Waals surface area contributed by atoms with E-state index in [0.29, 0.717) is 5.70 Å². The Hall–Kier alpha value is -1.28. The Bertz CT molecular complexity index is 264. The van der Waals surface area contributed by atoms with E-state index in [2.05, 4.69) is 0 Å². The zero-order valence-electron chi connectivity index (χ0n) is 7.07. The number of nitrogens with two attached hydrogens (primary N) is 1. The van der Waals surface area contributed by atoms with Crippen molar-refractivity contribution in [3.63, 3.8) is 0 Å². The molecule has 2 nitrogen and oxygen atoms in total. The first-order valence-corrected chi connectivity index (χ1v) is 3.90. The second-order valence-electron chi connectivity index (χ2n) is 2.73. The maximum atomic E-state index is 9.09. The van der Waals surface area contributed by atoms with Crippen LogP contribution >= 0.6 is 0 Å². The highest BCUT2D eigenvalue weighted by molar-refractivity contribution is 5.52. The summed E-state index contributed by atoms with van der Waals surface area (Å²) in [5.41, 5.74) is 7.06. The number of hydrogen-bond acceptors (Lipinski definition) is 2. The maximum absolute atomic E-state index is 9.09. The fourth-order valence-electron chi connectivity index (χ4n) is 0.862. The zero-order chi connectivity index (χ0) is 8.97. The van der Waals surface area contributed by atoms with Crippen LogP contribution in [0.15, 0.2) is 36.0 Å². The van der Waals surface area contributed by atoms with E-state index in [1.54, 1.807) is 13.0 Å². The Balaban J connectivity index is 2.81. The van der Waals surface area contributed by atoms with Gasteiger partial charge in [-0.3, -0.25) is 0 Å². The standard InChI is InChI=1S/C10H13NO/c1-8(12)10(11)7-9-5-3-2-4-6-9/h2-8,12H,11H2,1H3. The first-order chi connectivity index (χ1) is 5.70. The first-order valence-electron chi connectivity index (χ1n) is 3.90. The molecule has 0 saturated carbocycles. The smallest absolute Gasteiger partial charge is 0.0904 e. The van der Waals surface area contributed by atoms with Gasteiger partial charge < -0.3 is 10.8 Å². The summed E-state index contributed by atoms with van der Waals surface area (Å²) in [5, 5.41) is 9.09. The van der Waals surface area contributed by atoms with Gasteiger partial charge in [0.2, 0.25) is 0 Å². The van der Waals surface area contributed by atoms with Crippen molar-refractivity contribution >= 4 is 6.08 Å². The average molecular weight is 163 g/mol. The molecule has 12 heavy (non-hydrogen) atoms. The minimum atomic E-state index is -0.579. The molecule has 0 heterocycles. The molecular formula is C10H13NO. The summed E-state index contributed by atoms with van der Waals surface area (Å²) in [6, 6.07) is 9.68. The highest BCUT2D eigenvalue weighted by Crippen LogP contribution is 2.04. The van der Waals surface area contributed by atoms with Crippen molar-refractivity contribution in [2.45, 2.75) is 13.0 Å². The van der Waals surface area contributed by atoms with Crippen molar-refractivity contribution in [1.29, 1.82) is 0 Å². The fourth-order valence-corrected chi connectivity index (χ4v) is 0.862. The van der Waals surface area contributed by atoms with Crippen LogP contribution in [0.2, 0.25) is 0 Å². The molecule has 0 spiro atoms. The van der Waals surface area contributed by atoms with E-state index in [9.17, 15) is 0 Å². The molecule has 0 aliphatic heterocycles. The molecular weight excluding hydrogens is 150 g/mol. The first kappa shape index (κ1) is 8.81. The summed E-state index contributed by atoms with van der Waals surface area (Å²) in [6.07, 6.45) is 1.19. The van der Waals surface area contributed by atoms with Crippen LogP contribution in [0.5, 0.6) is 0 Å². The van der Waals surface area contributed by atoms with Crippen LogP contribution in [0.3, 0.4) is 0 Å². The molecule has 0 amide bonds. The van der Waals surface area contributed by atoms with Crippen molar-refractivity contribution in [2.24, 2.45) is 5.73 Å². The van der Waals surface area contributed by atoms with Gasteiger partial charge in [0.15, 0.2) is 0 Å². The van der Waals surface area contributed by atoms with E-state index in [0.717, 1.165) is 5.56 Å². The lowest BCUT2D eigenvalue weighted by atomic mass is 10.1. The lowest BCUT2D eigenvalue weighted by Crippen LogP contribution is -2.12. The third-order valence-corrected chi connectivity index (χ3v) is 1.62. The molecule has 0 bridgehead atoms. The molecule has 1 aromatic carbocycles. The van der Waals surface area contributed by atoms with Crippen molar-refractivity contribution < 1.29 is 5.11 Å². The van der Waals surface area contributed by atoms with Crippen molar-refractivity contribution in [3.05, 3.63) is 41.6 Å². The lowest BCUT2D eigenvalue weighted by molar-refractivity contribution is 0.231. The number of hydrogen-bond donors (Lipinski definition) is 2. The van der Waals surface area contributed by atoms with E-state index in [-0.39, 0.29) is 0 Å². The molecule has 64 valence electrons. The minimum absolute atomic E-state index is 0.487. The van der Waals surface area contributed by atoms with E-state index in [4.69, 9.17) is 10.8 Å². The van der Waals surface area contributed by atoms with Crippen LogP contribution in [0.1, 0.15) is 12.5 Å². The van der Waals surface area contributed by atoms with E-state index < -0.39 is 6.10 Å². The maximum Gasteiger partial charge on any atom is 0.0904 e. The van der Waals surface area contributed by atoms with Gasteiger partial charge in [-0.1, -0.05) is 30.3 Å². The molecule has 2 heteroatoms. The van der Waals surface area contributed by atoms with Crippen LogP contribution in [0.4, 0.5) is 0 Å². The largest absolute Gasteiger partial charge is 0.400 e. The van der Waals surface area contributed by atoms with Crippen LogP contribution < -0.4 is 5.73 Å². The predicted molar refractivity (Wildman–Crippen MR) is 50.3 cm³/mol. The van der Waals surface area contributed by atoms with Gasteiger partial charge >= 0.3 is 0 Å². The second kappa shape index (κ2) is 3.93. The van der Waals surface area contributed by atoms with Crippen molar-refractivity contribution in [2.75, 3.05) is 0 Å². The number of aliphatic hydroxyl groups excluding tert-OH is 1. The van der Waals surface area contributed by atoms with Gasteiger partial charge in [-0.25, -0.2) is 0 Å². The van der Waals surface area contributed by atoms with Gasteiger partial charge in [0.25, 0.3) is 0 Å². The average Bonchev–Trinajstić information content (AvgIpc) is 2.06. The quantitative estimate of drug-likeness (QED) is 0.691. The Morgan fingerprint density at radius 2 is 2.00 bits per heavy atom. The molecule has 0 aromatic heterocycles. The summed E-state index contributed by atoms with van der Waals surface area (Å²) >= 11 is 0. The third kappa shape index (κ3) is 2.40. The summed E-state index contributed by atoms with van der Waals surface area (Å²) < 4.78 is 0. The molecule has 1 unspecified atom stereocenters. The van der Waals surface area contributed by atoms with Crippen LogP contribution in [0.25, 0.3) is 6.08 Å². The number of rotatable bonds is 2. The Labute approximate surface area is 72.3 Å². The summed E-state index contributed by atoms with van der Waals surface area (Å²) in [6.45, 7) is 1.65. The normalized spacial score (nSPS) is 14.3. The van der Waals surface area contributed by atoms with E-state index in [1.807, 2.05) is 30.3 Å². The number of benzene rings is 1. The van der Waals surface area contributed by atoms with Gasteiger partial charge in [0, 0.05) is 5.70 Å². The van der Waals surface area contributed by atoms with Gasteiger partial charge in [0.1, 0.15) is 0 Å². The van der Waals surface area contributed by atoms with E-state index >= 15 is 0 Å². The molecule has 0 aliphatic rings. The van der Waals surface area contributed by atoms with Crippen molar-refractivity contribution in [3.8, 4) is 0 Å². The summed E-state index contributed by atoms with van der Waals surface area (Å²) in [7, 11) is 0. The molecule has 1 rings (SSSR count). The van der Waals surface area contributed by atoms with Gasteiger partial charge in [-0.15, -0.1) is 0 Å². The molecule has 0 fully saturated rings. The molecule has 0 saturated heterocycles. The Morgan fingerprint density at radius 3 is 2.50 bits per heavy atom. The van der Waals surface area contributed by atoms with Crippen LogP contribution in [-0.2, 0) is 0 Å². The highest BCUT2D eigenvalue weighted by atomic mass is 16.3. The minimum Gasteiger partial charge on any atom is -0.400 e. The second-order valence-corrected chi connectivity index (χ2v) is 2.73. The third-order valence-electron chi connectivity index (χ3n) is 1.62. The molecule has 3 N–H and O–H groups in total. The van der Waals surface area contributed by atoms with Crippen LogP contribution in [-0.4, -0.2) is 11.2 Å². The Morgan fingerprint density at radius 1 is 1.42 bits per heavy atom. The summed E-state index contributed by atoms with van der Waals surface area (Å²) in [4.78, 5) is 0. The van der Waals surface area contributed by atoms with Crippen molar-refractivity contribution in [1.82, 2.24) is 0 Å². The zero-order valence-corrected chi connectivity index (χ0v) is 7.07. The molecule has 1 aromatic rings. The highest BCUT2D eigenvalue weighted by Gasteiger charge is 1.97. The topological polar surface area (TPSA) is 46.2 Å². The molecule has 0 aliphatic carbocycles.